The van der Waals surface area contributed by atoms with E-state index in [1.807, 2.05) is 0 Å². The van der Waals surface area contributed by atoms with Crippen molar-refractivity contribution >= 4 is 11.9 Å². The van der Waals surface area contributed by atoms with E-state index in [4.69, 9.17) is 12.2 Å². The highest BCUT2D eigenvalue weighted by molar-refractivity contribution is 5.80. The molecule has 0 heterocycles. The van der Waals surface area contributed by atoms with Gasteiger partial charge >= 0.3 is 11.9 Å². The Morgan fingerprint density at radius 2 is 1.53 bits per heavy atom. The first-order chi connectivity index (χ1) is 8.17. The summed E-state index contributed by atoms with van der Waals surface area (Å²) in [6, 6.07) is 0. The number of ether oxygens (including phenoxy) is 2. The van der Waals surface area contributed by atoms with Crippen LogP contribution in [0.25, 0.3) is 0 Å². The molecule has 0 fully saturated rings. The third-order valence-electron chi connectivity index (χ3n) is 1.46. The van der Waals surface area contributed by atoms with Gasteiger partial charge in [0.1, 0.15) is 11.2 Å². The smallest absolute Gasteiger partial charge is 0.309 e. The van der Waals surface area contributed by atoms with Crippen LogP contribution in [0.5, 0.6) is 0 Å². The normalized spacial score (nSPS) is 19.5. The van der Waals surface area contributed by atoms with Crippen molar-refractivity contribution in [2.45, 2.75) is 66.1 Å². The molecule has 0 rings (SSSR count). The molecule has 17 heavy (non-hydrogen) atoms. The lowest BCUT2D eigenvalue weighted by molar-refractivity contribution is -0.166. The van der Waals surface area contributed by atoms with Crippen molar-refractivity contribution in [2.75, 3.05) is 0 Å². The van der Waals surface area contributed by atoms with E-state index < -0.39 is 35.4 Å². The van der Waals surface area contributed by atoms with Crippen molar-refractivity contribution in [1.82, 2.24) is 0 Å². The zero-order valence-electron chi connectivity index (χ0n) is 13.7. The Balaban J connectivity index is 4.90. The predicted octanol–water partition coefficient (Wildman–Crippen LogP) is 2.70. The van der Waals surface area contributed by atoms with E-state index in [0.29, 0.717) is 0 Å². The Hall–Kier alpha value is -1.06. The quantitative estimate of drug-likeness (QED) is 0.718. The minimum Gasteiger partial charge on any atom is -0.460 e. The SMILES string of the molecule is [2H][C@@H](C(=O)OC(C)(C)C)[C@@]([2H])(C)C(=O)OC(C)(C)C. The van der Waals surface area contributed by atoms with Crippen LogP contribution >= 0.6 is 0 Å². The summed E-state index contributed by atoms with van der Waals surface area (Å²) in [5.74, 6) is -3.82. The molecule has 0 aromatic heterocycles. The number of hydrogen-bond donors (Lipinski definition) is 0. The molecule has 0 aromatic rings. The monoisotopic (exact) mass is 246 g/mol. The van der Waals surface area contributed by atoms with Crippen LogP contribution in [0, 0.1) is 5.89 Å². The topological polar surface area (TPSA) is 52.6 Å². The van der Waals surface area contributed by atoms with Gasteiger partial charge in [-0.3, -0.25) is 9.59 Å². The molecule has 0 N–H and O–H groups in total. The number of carbonyl (C=O) groups excluding carboxylic acids is 2. The Morgan fingerprint density at radius 3 is 1.88 bits per heavy atom. The van der Waals surface area contributed by atoms with Crippen LogP contribution in [0.2, 0.25) is 0 Å². The summed E-state index contributed by atoms with van der Waals surface area (Å²) in [6.07, 6.45) is -1.65. The Labute approximate surface area is 106 Å². The van der Waals surface area contributed by atoms with Gasteiger partial charge in [-0.15, -0.1) is 0 Å². The van der Waals surface area contributed by atoms with Crippen molar-refractivity contribution in [3.05, 3.63) is 0 Å². The van der Waals surface area contributed by atoms with Gasteiger partial charge in [0.2, 0.25) is 0 Å². The van der Waals surface area contributed by atoms with E-state index in [-0.39, 0.29) is 0 Å². The third kappa shape index (κ3) is 8.72. The third-order valence-corrected chi connectivity index (χ3v) is 1.46. The van der Waals surface area contributed by atoms with Gasteiger partial charge in [0.25, 0.3) is 0 Å². The number of carbonyl (C=O) groups is 2. The van der Waals surface area contributed by atoms with E-state index in [1.54, 1.807) is 41.5 Å². The van der Waals surface area contributed by atoms with E-state index in [9.17, 15) is 9.59 Å². The lowest BCUT2D eigenvalue weighted by atomic mass is 10.1. The molecular weight excluding hydrogens is 220 g/mol. The molecule has 0 saturated heterocycles. The summed E-state index contributed by atoms with van der Waals surface area (Å²) in [4.78, 5) is 23.6. The van der Waals surface area contributed by atoms with E-state index >= 15 is 0 Å². The molecule has 0 amide bonds. The van der Waals surface area contributed by atoms with Crippen molar-refractivity contribution in [1.29, 1.82) is 0 Å². The molecule has 0 saturated carbocycles. The Kier molecular flexibility index (Phi) is 4.02. The second-order valence-corrected chi connectivity index (χ2v) is 5.86. The van der Waals surface area contributed by atoms with Gasteiger partial charge in [0.15, 0.2) is 0 Å². The fraction of sp³-hybridized carbons (Fsp3) is 0.846. The fourth-order valence-corrected chi connectivity index (χ4v) is 0.926. The second-order valence-electron chi connectivity index (χ2n) is 5.86. The average molecular weight is 246 g/mol. The van der Waals surface area contributed by atoms with Gasteiger partial charge in [-0.05, 0) is 41.5 Å². The van der Waals surface area contributed by atoms with Crippen molar-refractivity contribution in [2.24, 2.45) is 5.89 Å². The Bertz CT molecular complexity index is 351. The highest BCUT2D eigenvalue weighted by atomic mass is 16.6. The van der Waals surface area contributed by atoms with Gasteiger partial charge in [-0.2, -0.15) is 0 Å². The zero-order valence-corrected chi connectivity index (χ0v) is 11.7. The number of esters is 2. The van der Waals surface area contributed by atoms with Crippen LogP contribution in [-0.2, 0) is 19.1 Å². The van der Waals surface area contributed by atoms with Crippen LogP contribution < -0.4 is 0 Å². The van der Waals surface area contributed by atoms with Crippen molar-refractivity contribution < 1.29 is 21.8 Å². The van der Waals surface area contributed by atoms with E-state index in [1.165, 1.54) is 6.92 Å². The maximum Gasteiger partial charge on any atom is 0.309 e. The zero-order chi connectivity index (χ0) is 15.6. The molecule has 0 radical (unpaired) electrons. The van der Waals surface area contributed by atoms with Crippen LogP contribution in [-0.4, -0.2) is 23.1 Å². The lowest BCUT2D eigenvalue weighted by Gasteiger charge is -2.23. The lowest BCUT2D eigenvalue weighted by Crippen LogP contribution is -2.30. The summed E-state index contributed by atoms with van der Waals surface area (Å²) in [6.45, 7) is 11.1. The predicted molar refractivity (Wildman–Crippen MR) is 65.5 cm³/mol. The van der Waals surface area contributed by atoms with Gasteiger partial charge in [0.05, 0.1) is 12.3 Å². The van der Waals surface area contributed by atoms with Crippen LogP contribution in [0.1, 0.15) is 57.6 Å². The Morgan fingerprint density at radius 1 is 1.12 bits per heavy atom. The molecule has 0 unspecified atom stereocenters. The number of rotatable bonds is 3. The summed E-state index contributed by atoms with van der Waals surface area (Å²) in [5, 5.41) is 0. The molecule has 100 valence electrons. The minimum atomic E-state index is -2.00. The fourth-order valence-electron chi connectivity index (χ4n) is 0.926. The molecule has 0 aliphatic carbocycles. The largest absolute Gasteiger partial charge is 0.460 e. The first-order valence-corrected chi connectivity index (χ1v) is 5.55. The molecular formula is C13H24O4. The van der Waals surface area contributed by atoms with E-state index in [0.717, 1.165) is 0 Å². The minimum absolute atomic E-state index is 0.763. The summed E-state index contributed by atoms with van der Waals surface area (Å²) in [5.41, 5.74) is -1.53. The van der Waals surface area contributed by atoms with Gasteiger partial charge in [0, 0.05) is 2.74 Å². The average Bonchev–Trinajstić information content (AvgIpc) is 2.10. The molecule has 0 aliphatic heterocycles. The maximum atomic E-state index is 11.9. The van der Waals surface area contributed by atoms with Gasteiger partial charge in [-0.25, -0.2) is 0 Å². The first-order valence-electron chi connectivity index (χ1n) is 6.63. The second kappa shape index (κ2) is 5.52. The summed E-state index contributed by atoms with van der Waals surface area (Å²) >= 11 is 0. The molecule has 2 atom stereocenters. The van der Waals surface area contributed by atoms with E-state index in [2.05, 4.69) is 0 Å². The molecule has 4 nitrogen and oxygen atoms in total. The van der Waals surface area contributed by atoms with Crippen LogP contribution in [0.3, 0.4) is 0 Å². The van der Waals surface area contributed by atoms with Crippen molar-refractivity contribution in [3.8, 4) is 0 Å². The van der Waals surface area contributed by atoms with Gasteiger partial charge < -0.3 is 9.47 Å². The number of hydrogen-bond acceptors (Lipinski definition) is 4. The summed E-state index contributed by atoms with van der Waals surface area (Å²) < 4.78 is 25.7. The molecule has 0 aliphatic rings. The van der Waals surface area contributed by atoms with Crippen LogP contribution in [0.15, 0.2) is 0 Å². The standard InChI is InChI=1S/C13H24O4/c1-9(11(15)17-13(5,6)7)8-10(14)16-12(2,3)4/h9H,8H2,1-7H3/t9-/m1/s1/i8D,9D/t8-,9-. The maximum absolute atomic E-state index is 11.9. The van der Waals surface area contributed by atoms with Crippen molar-refractivity contribution in [3.63, 3.8) is 0 Å². The summed E-state index contributed by atoms with van der Waals surface area (Å²) in [7, 11) is 0. The molecule has 4 heteroatoms. The highest BCUT2D eigenvalue weighted by Crippen LogP contribution is 2.16. The van der Waals surface area contributed by atoms with Crippen LogP contribution in [0.4, 0.5) is 0 Å². The highest BCUT2D eigenvalue weighted by Gasteiger charge is 2.26. The first kappa shape index (κ1) is 12.4. The van der Waals surface area contributed by atoms with Gasteiger partial charge in [-0.1, -0.05) is 6.92 Å². The molecule has 0 spiro atoms. The molecule has 0 aromatic carbocycles. The molecule has 0 bridgehead atoms.